The molecule has 1 saturated heterocycles. The van der Waals surface area contributed by atoms with Crippen LogP contribution < -0.4 is 15.4 Å². The molecule has 4 atom stereocenters. The van der Waals surface area contributed by atoms with Crippen LogP contribution in [0.4, 0.5) is 0 Å². The summed E-state index contributed by atoms with van der Waals surface area (Å²) in [5, 5.41) is 7.86. The Hall–Kier alpha value is -2.62. The molecule has 4 unspecified atom stereocenters. The van der Waals surface area contributed by atoms with Gasteiger partial charge in [0.15, 0.2) is 0 Å². The van der Waals surface area contributed by atoms with Crippen molar-refractivity contribution in [2.24, 2.45) is 5.92 Å². The molecule has 0 radical (unpaired) electrons. The molecule has 2 fully saturated rings. The maximum absolute atomic E-state index is 5.69. The highest BCUT2D eigenvalue weighted by molar-refractivity contribution is 5.65. The van der Waals surface area contributed by atoms with Crippen LogP contribution in [0.3, 0.4) is 0 Å². The lowest BCUT2D eigenvalue weighted by Gasteiger charge is -2.26. The van der Waals surface area contributed by atoms with Crippen LogP contribution in [0, 0.1) is 5.92 Å². The summed E-state index contributed by atoms with van der Waals surface area (Å²) < 4.78 is 5.69. The van der Waals surface area contributed by atoms with Gasteiger partial charge in [0.05, 0.1) is 7.11 Å². The molecule has 1 heterocycles. The van der Waals surface area contributed by atoms with Gasteiger partial charge in [-0.05, 0) is 47.6 Å². The molecule has 5 rings (SSSR count). The Morgan fingerprint density at radius 3 is 2.43 bits per heavy atom. The lowest BCUT2D eigenvalue weighted by molar-refractivity contribution is 0.365. The molecule has 1 aliphatic heterocycles. The average molecular weight is 399 g/mol. The van der Waals surface area contributed by atoms with Gasteiger partial charge in [-0.3, -0.25) is 0 Å². The van der Waals surface area contributed by atoms with Crippen molar-refractivity contribution in [3.63, 3.8) is 0 Å². The lowest BCUT2D eigenvalue weighted by Crippen LogP contribution is -2.37. The summed E-state index contributed by atoms with van der Waals surface area (Å²) in [4.78, 5) is 0. The zero-order valence-corrected chi connectivity index (χ0v) is 17.6. The smallest absolute Gasteiger partial charge is 0.123 e. The van der Waals surface area contributed by atoms with E-state index in [4.69, 9.17) is 4.74 Å². The maximum Gasteiger partial charge on any atom is 0.123 e. The van der Waals surface area contributed by atoms with Crippen LogP contribution >= 0.6 is 0 Å². The van der Waals surface area contributed by atoms with Gasteiger partial charge in [-0.15, -0.1) is 0 Å². The first-order valence-electron chi connectivity index (χ1n) is 11.1. The predicted octanol–water partition coefficient (Wildman–Crippen LogP) is 5.33. The Kier molecular flexibility index (Phi) is 5.56. The molecule has 2 aliphatic rings. The zero-order valence-electron chi connectivity index (χ0n) is 17.6. The summed E-state index contributed by atoms with van der Waals surface area (Å²) in [5.74, 6) is 1.64. The van der Waals surface area contributed by atoms with Gasteiger partial charge in [0.1, 0.15) is 5.75 Å². The Morgan fingerprint density at radius 2 is 1.67 bits per heavy atom. The van der Waals surface area contributed by atoms with Crippen LogP contribution in [0.2, 0.25) is 0 Å². The van der Waals surface area contributed by atoms with Crippen molar-refractivity contribution in [1.29, 1.82) is 0 Å². The second kappa shape index (κ2) is 8.63. The number of hydrogen-bond donors (Lipinski definition) is 2. The van der Waals surface area contributed by atoms with Crippen LogP contribution in [0.15, 0.2) is 78.9 Å². The molecule has 3 aromatic carbocycles. The first-order chi connectivity index (χ1) is 14.8. The van der Waals surface area contributed by atoms with E-state index in [2.05, 4.69) is 89.5 Å². The van der Waals surface area contributed by atoms with Gasteiger partial charge in [0.25, 0.3) is 0 Å². The predicted molar refractivity (Wildman–Crippen MR) is 123 cm³/mol. The first-order valence-corrected chi connectivity index (χ1v) is 11.1. The van der Waals surface area contributed by atoms with Crippen molar-refractivity contribution in [2.75, 3.05) is 7.11 Å². The number of rotatable bonds is 6. The third-order valence-electron chi connectivity index (χ3n) is 6.86. The van der Waals surface area contributed by atoms with E-state index in [1.54, 1.807) is 7.11 Å². The Balaban J connectivity index is 1.40. The minimum atomic E-state index is 0.366. The van der Waals surface area contributed by atoms with Crippen LogP contribution in [-0.2, 0) is 6.54 Å². The number of ether oxygens (including phenoxy) is 1. The highest BCUT2D eigenvalue weighted by Gasteiger charge is 2.45. The lowest BCUT2D eigenvalue weighted by atomic mass is 9.91. The van der Waals surface area contributed by atoms with E-state index in [0.717, 1.165) is 12.3 Å². The van der Waals surface area contributed by atoms with Crippen LogP contribution in [-0.4, -0.2) is 19.2 Å². The van der Waals surface area contributed by atoms with Crippen molar-refractivity contribution in [3.8, 4) is 16.9 Å². The third kappa shape index (κ3) is 3.76. The topological polar surface area (TPSA) is 33.3 Å². The second-order valence-corrected chi connectivity index (χ2v) is 8.56. The summed E-state index contributed by atoms with van der Waals surface area (Å²) in [5.41, 5.74) is 5.07. The summed E-state index contributed by atoms with van der Waals surface area (Å²) in [6, 6.07) is 29.4. The highest BCUT2D eigenvalue weighted by Crippen LogP contribution is 2.41. The fraction of sp³-hybridized carbons (Fsp3) is 0.333. The molecule has 0 aromatic heterocycles. The van der Waals surface area contributed by atoms with E-state index in [9.17, 15) is 0 Å². The van der Waals surface area contributed by atoms with Gasteiger partial charge in [-0.2, -0.15) is 0 Å². The number of benzene rings is 3. The van der Waals surface area contributed by atoms with Crippen molar-refractivity contribution >= 4 is 0 Å². The van der Waals surface area contributed by atoms with E-state index in [1.807, 2.05) is 0 Å². The molecule has 0 bridgehead atoms. The van der Waals surface area contributed by atoms with E-state index in [-0.39, 0.29) is 0 Å². The van der Waals surface area contributed by atoms with Crippen molar-refractivity contribution in [1.82, 2.24) is 10.6 Å². The number of nitrogens with one attached hydrogen (secondary N) is 2. The van der Waals surface area contributed by atoms with Gasteiger partial charge in [0.2, 0.25) is 0 Å². The standard InChI is InChI=1S/C27H30N2O/c1-30-25-16-15-21(19-9-4-2-5-10-19)17-22(25)18-28-27-23-13-8-14-24(23)29-26(27)20-11-6-3-7-12-20/h2-7,9-12,15-17,23-24,26-29H,8,13-14,18H2,1H3. The van der Waals surface area contributed by atoms with Gasteiger partial charge in [-0.25, -0.2) is 0 Å². The molecule has 3 aromatic rings. The van der Waals surface area contributed by atoms with Gasteiger partial charge in [0, 0.05) is 30.2 Å². The number of hydrogen-bond acceptors (Lipinski definition) is 3. The van der Waals surface area contributed by atoms with E-state index >= 15 is 0 Å². The van der Waals surface area contributed by atoms with Crippen LogP contribution in [0.1, 0.15) is 36.4 Å². The fourth-order valence-corrected chi connectivity index (χ4v) is 5.39. The summed E-state index contributed by atoms with van der Waals surface area (Å²) in [7, 11) is 1.76. The maximum atomic E-state index is 5.69. The Morgan fingerprint density at radius 1 is 0.900 bits per heavy atom. The van der Waals surface area contributed by atoms with Crippen molar-refractivity contribution in [2.45, 2.75) is 43.9 Å². The summed E-state index contributed by atoms with van der Waals surface area (Å²) in [6.07, 6.45) is 3.92. The molecule has 0 amide bonds. The monoisotopic (exact) mass is 398 g/mol. The molecule has 3 heteroatoms. The van der Waals surface area contributed by atoms with Crippen LogP contribution in [0.25, 0.3) is 11.1 Å². The second-order valence-electron chi connectivity index (χ2n) is 8.56. The van der Waals surface area contributed by atoms with Gasteiger partial charge >= 0.3 is 0 Å². The van der Waals surface area contributed by atoms with E-state index in [1.165, 1.54) is 41.5 Å². The van der Waals surface area contributed by atoms with Crippen molar-refractivity contribution < 1.29 is 4.74 Å². The molecule has 3 nitrogen and oxygen atoms in total. The summed E-state index contributed by atoms with van der Waals surface area (Å²) in [6.45, 7) is 0.808. The average Bonchev–Trinajstić information content (AvgIpc) is 3.40. The third-order valence-corrected chi connectivity index (χ3v) is 6.86. The van der Waals surface area contributed by atoms with E-state index in [0.29, 0.717) is 24.0 Å². The highest BCUT2D eigenvalue weighted by atomic mass is 16.5. The molecule has 30 heavy (non-hydrogen) atoms. The Labute approximate surface area is 179 Å². The molecule has 2 N–H and O–H groups in total. The molecule has 1 aliphatic carbocycles. The van der Waals surface area contributed by atoms with Crippen LogP contribution in [0.5, 0.6) is 5.75 Å². The van der Waals surface area contributed by atoms with Gasteiger partial charge in [-0.1, -0.05) is 73.2 Å². The molecular formula is C27H30N2O. The number of fused-ring (bicyclic) bond motifs is 1. The molecule has 1 saturated carbocycles. The minimum absolute atomic E-state index is 0.366. The molecule has 0 spiro atoms. The fourth-order valence-electron chi connectivity index (χ4n) is 5.39. The van der Waals surface area contributed by atoms with E-state index < -0.39 is 0 Å². The van der Waals surface area contributed by atoms with Gasteiger partial charge < -0.3 is 15.4 Å². The normalized spacial score (nSPS) is 25.2. The minimum Gasteiger partial charge on any atom is -0.496 e. The Bertz CT molecular complexity index is 973. The summed E-state index contributed by atoms with van der Waals surface area (Å²) >= 11 is 0. The van der Waals surface area contributed by atoms with Crippen molar-refractivity contribution in [3.05, 3.63) is 90.0 Å². The SMILES string of the molecule is COc1ccc(-c2ccccc2)cc1CNC1C(c2ccccc2)NC2CCCC21. The quantitative estimate of drug-likeness (QED) is 0.588. The zero-order chi connectivity index (χ0) is 20.3. The first kappa shape index (κ1) is 19.3. The number of methoxy groups -OCH3 is 1. The molecule has 154 valence electrons. The largest absolute Gasteiger partial charge is 0.496 e. The molecular weight excluding hydrogens is 368 g/mol.